The Morgan fingerprint density at radius 3 is 2.32 bits per heavy atom. The Hall–Kier alpha value is -2.55. The molecular weight excluding hydrogens is 355 g/mol. The monoisotopic (exact) mass is 369 g/mol. The fourth-order valence-electron chi connectivity index (χ4n) is 2.49. The number of halogens is 3. The molecule has 9 heteroatoms. The van der Waals surface area contributed by atoms with E-state index in [9.17, 15) is 21.6 Å². The van der Waals surface area contributed by atoms with Gasteiger partial charge in [0.15, 0.2) is 5.69 Å². The standard InChI is InChI=1S/C16H14F3N3O2S/c1-11-5-7-12(8-6-11)25(23,24)22-9-3-4-14(22)13-10-21(2)20-15(13)16(17,18)19/h3-10H,1-2H3. The van der Waals surface area contributed by atoms with Gasteiger partial charge in [-0.15, -0.1) is 0 Å². The van der Waals surface area contributed by atoms with Gasteiger partial charge in [0, 0.05) is 25.0 Å². The molecule has 0 aliphatic carbocycles. The molecule has 2 heterocycles. The molecule has 0 amide bonds. The Balaban J connectivity index is 2.19. The van der Waals surface area contributed by atoms with Crippen molar-refractivity contribution < 1.29 is 21.6 Å². The fourth-order valence-corrected chi connectivity index (χ4v) is 3.85. The van der Waals surface area contributed by atoms with Crippen LogP contribution in [0.15, 0.2) is 53.7 Å². The summed E-state index contributed by atoms with van der Waals surface area (Å²) in [7, 11) is -2.68. The second-order valence-corrected chi connectivity index (χ2v) is 7.39. The van der Waals surface area contributed by atoms with E-state index >= 15 is 0 Å². The van der Waals surface area contributed by atoms with Crippen LogP contribution in [-0.2, 0) is 23.2 Å². The number of nitrogens with zero attached hydrogens (tertiary/aromatic N) is 3. The van der Waals surface area contributed by atoms with Crippen LogP contribution in [0.4, 0.5) is 13.2 Å². The van der Waals surface area contributed by atoms with Gasteiger partial charge in [-0.05, 0) is 31.2 Å². The average molecular weight is 369 g/mol. The molecule has 2 aromatic heterocycles. The zero-order valence-corrected chi connectivity index (χ0v) is 14.1. The highest BCUT2D eigenvalue weighted by Crippen LogP contribution is 2.37. The Kier molecular flexibility index (Phi) is 3.98. The van der Waals surface area contributed by atoms with E-state index in [0.717, 1.165) is 20.4 Å². The van der Waals surface area contributed by atoms with E-state index in [1.165, 1.54) is 37.5 Å². The van der Waals surface area contributed by atoms with E-state index in [-0.39, 0.29) is 16.2 Å². The molecule has 0 radical (unpaired) electrons. The highest BCUT2D eigenvalue weighted by Gasteiger charge is 2.38. The number of aryl methyl sites for hydroxylation is 2. The Morgan fingerprint density at radius 2 is 1.72 bits per heavy atom. The summed E-state index contributed by atoms with van der Waals surface area (Å²) in [6, 6.07) is 8.79. The molecule has 3 aromatic rings. The molecule has 0 fully saturated rings. The first kappa shape index (κ1) is 17.3. The molecule has 0 saturated carbocycles. The molecule has 132 valence electrons. The van der Waals surface area contributed by atoms with Crippen molar-refractivity contribution in [2.45, 2.75) is 18.0 Å². The molecule has 1 aromatic carbocycles. The lowest BCUT2D eigenvalue weighted by Crippen LogP contribution is -2.14. The maximum Gasteiger partial charge on any atom is 0.435 e. The van der Waals surface area contributed by atoms with Gasteiger partial charge in [0.1, 0.15) is 0 Å². The molecule has 0 unspecified atom stereocenters. The molecule has 3 rings (SSSR count). The highest BCUT2D eigenvalue weighted by molar-refractivity contribution is 7.90. The number of hydrogen-bond acceptors (Lipinski definition) is 3. The van der Waals surface area contributed by atoms with Crippen molar-refractivity contribution in [1.82, 2.24) is 13.8 Å². The van der Waals surface area contributed by atoms with Crippen molar-refractivity contribution in [2.75, 3.05) is 0 Å². The first-order valence-electron chi connectivity index (χ1n) is 7.21. The van der Waals surface area contributed by atoms with Gasteiger partial charge in [0.2, 0.25) is 0 Å². The van der Waals surface area contributed by atoms with Crippen LogP contribution >= 0.6 is 0 Å². The summed E-state index contributed by atoms with van der Waals surface area (Å²) in [5, 5.41) is 3.43. The number of alkyl halides is 3. The van der Waals surface area contributed by atoms with Gasteiger partial charge in [-0.3, -0.25) is 4.68 Å². The lowest BCUT2D eigenvalue weighted by atomic mass is 10.2. The maximum atomic E-state index is 13.2. The van der Waals surface area contributed by atoms with Crippen molar-refractivity contribution in [2.24, 2.45) is 7.05 Å². The van der Waals surface area contributed by atoms with Crippen LogP contribution in [0.1, 0.15) is 11.3 Å². The van der Waals surface area contributed by atoms with E-state index in [0.29, 0.717) is 0 Å². The number of benzene rings is 1. The van der Waals surface area contributed by atoms with Crippen LogP contribution in [-0.4, -0.2) is 22.2 Å². The summed E-state index contributed by atoms with van der Waals surface area (Å²) in [6.07, 6.45) is -2.32. The van der Waals surface area contributed by atoms with Gasteiger partial charge in [-0.2, -0.15) is 18.3 Å². The van der Waals surface area contributed by atoms with E-state index in [4.69, 9.17) is 0 Å². The van der Waals surface area contributed by atoms with Crippen molar-refractivity contribution in [3.05, 3.63) is 60.0 Å². The van der Waals surface area contributed by atoms with Gasteiger partial charge >= 0.3 is 6.18 Å². The predicted octanol–water partition coefficient (Wildman–Crippen LogP) is 3.45. The van der Waals surface area contributed by atoms with Gasteiger partial charge in [0.05, 0.1) is 10.6 Å². The third-order valence-electron chi connectivity index (χ3n) is 3.66. The fraction of sp³-hybridized carbons (Fsp3) is 0.188. The lowest BCUT2D eigenvalue weighted by Gasteiger charge is -2.12. The molecule has 5 nitrogen and oxygen atoms in total. The first-order valence-corrected chi connectivity index (χ1v) is 8.65. The summed E-state index contributed by atoms with van der Waals surface area (Å²) in [6.45, 7) is 1.81. The van der Waals surface area contributed by atoms with E-state index in [1.54, 1.807) is 12.1 Å². The zero-order chi connectivity index (χ0) is 18.4. The summed E-state index contributed by atoms with van der Waals surface area (Å²) in [4.78, 5) is -0.00648. The summed E-state index contributed by atoms with van der Waals surface area (Å²) in [5.41, 5.74) is -0.649. The van der Waals surface area contributed by atoms with Crippen LogP contribution in [0.5, 0.6) is 0 Å². The smallest absolute Gasteiger partial charge is 0.275 e. The number of hydrogen-bond donors (Lipinski definition) is 0. The molecular formula is C16H14F3N3O2S. The molecule has 0 aliphatic rings. The van der Waals surface area contributed by atoms with Crippen LogP contribution in [0.3, 0.4) is 0 Å². The largest absolute Gasteiger partial charge is 0.435 e. The quantitative estimate of drug-likeness (QED) is 0.711. The minimum atomic E-state index is -4.70. The molecule has 0 bridgehead atoms. The Morgan fingerprint density at radius 1 is 1.08 bits per heavy atom. The molecule has 0 atom stereocenters. The second-order valence-electron chi connectivity index (χ2n) is 5.57. The van der Waals surface area contributed by atoms with Gasteiger partial charge in [-0.1, -0.05) is 17.7 Å². The Labute approximate surface area is 142 Å². The van der Waals surface area contributed by atoms with Crippen molar-refractivity contribution in [3.63, 3.8) is 0 Å². The molecule has 0 spiro atoms. The molecule has 0 aliphatic heterocycles. The predicted molar refractivity (Wildman–Crippen MR) is 85.4 cm³/mol. The van der Waals surface area contributed by atoms with Crippen molar-refractivity contribution in [1.29, 1.82) is 0 Å². The maximum absolute atomic E-state index is 13.2. The summed E-state index contributed by atoms with van der Waals surface area (Å²) in [5.74, 6) is 0. The minimum Gasteiger partial charge on any atom is -0.275 e. The van der Waals surface area contributed by atoms with Gasteiger partial charge in [0.25, 0.3) is 10.0 Å². The van der Waals surface area contributed by atoms with Crippen molar-refractivity contribution in [3.8, 4) is 11.3 Å². The van der Waals surface area contributed by atoms with Gasteiger partial charge in [-0.25, -0.2) is 12.4 Å². The van der Waals surface area contributed by atoms with E-state index in [1.807, 2.05) is 6.92 Å². The van der Waals surface area contributed by atoms with Crippen LogP contribution in [0, 0.1) is 6.92 Å². The summed E-state index contributed by atoms with van der Waals surface area (Å²) >= 11 is 0. The van der Waals surface area contributed by atoms with Crippen molar-refractivity contribution >= 4 is 10.0 Å². The Bertz CT molecular complexity index is 1020. The number of aromatic nitrogens is 3. The van der Waals surface area contributed by atoms with E-state index in [2.05, 4.69) is 5.10 Å². The third-order valence-corrected chi connectivity index (χ3v) is 5.37. The summed E-state index contributed by atoms with van der Waals surface area (Å²) < 4.78 is 67.1. The number of rotatable bonds is 3. The van der Waals surface area contributed by atoms with Gasteiger partial charge < -0.3 is 0 Å². The second kappa shape index (κ2) is 5.76. The SMILES string of the molecule is Cc1ccc(S(=O)(=O)n2cccc2-c2cn(C)nc2C(F)(F)F)cc1. The van der Waals surface area contributed by atoms with Crippen LogP contribution < -0.4 is 0 Å². The molecule has 0 N–H and O–H groups in total. The van der Waals surface area contributed by atoms with Crippen LogP contribution in [0.2, 0.25) is 0 Å². The molecule has 0 saturated heterocycles. The average Bonchev–Trinajstić information content (AvgIpc) is 3.13. The lowest BCUT2D eigenvalue weighted by molar-refractivity contribution is -0.141. The minimum absolute atomic E-state index is 0.00648. The first-order chi connectivity index (χ1) is 11.6. The zero-order valence-electron chi connectivity index (χ0n) is 13.3. The third kappa shape index (κ3) is 3.07. The highest BCUT2D eigenvalue weighted by atomic mass is 32.2. The van der Waals surface area contributed by atoms with Crippen LogP contribution in [0.25, 0.3) is 11.3 Å². The normalized spacial score (nSPS) is 12.5. The molecule has 25 heavy (non-hydrogen) atoms. The van der Waals surface area contributed by atoms with E-state index < -0.39 is 21.9 Å². The topological polar surface area (TPSA) is 56.9 Å².